The van der Waals surface area contributed by atoms with Gasteiger partial charge in [0.05, 0.1) is 13.2 Å². The minimum atomic E-state index is -2.04. The van der Waals surface area contributed by atoms with Crippen LogP contribution in [0.25, 0.3) is 0 Å². The van der Waals surface area contributed by atoms with E-state index in [9.17, 15) is 29.4 Å². The molecule has 0 amide bonds. The molecular weight excluding hydrogens is 677 g/mol. The van der Waals surface area contributed by atoms with Crippen LogP contribution in [0.5, 0.6) is 0 Å². The van der Waals surface area contributed by atoms with E-state index in [2.05, 4.69) is 13.1 Å². The van der Waals surface area contributed by atoms with Crippen molar-refractivity contribution >= 4 is 111 Å². The summed E-state index contributed by atoms with van der Waals surface area (Å²) in [6.45, 7) is 18.0. The van der Waals surface area contributed by atoms with Crippen molar-refractivity contribution in [2.75, 3.05) is 19.8 Å². The zero-order chi connectivity index (χ0) is 33.2. The second kappa shape index (κ2) is 17.4. The van der Waals surface area contributed by atoms with Gasteiger partial charge in [-0.1, -0.05) is 71.5 Å². The van der Waals surface area contributed by atoms with Crippen LogP contribution in [0.4, 0.5) is 0 Å². The van der Waals surface area contributed by atoms with Crippen LogP contribution in [0.1, 0.15) is 68.2 Å². The molecule has 0 aliphatic heterocycles. The average Bonchev–Trinajstić information content (AvgIpc) is 2.79. The van der Waals surface area contributed by atoms with Crippen molar-refractivity contribution in [3.8, 4) is 0 Å². The summed E-state index contributed by atoms with van der Waals surface area (Å²) in [7, 11) is -2.04. The number of hydrogen-bond acceptors (Lipinski definition) is 13. The lowest BCUT2D eigenvalue weighted by molar-refractivity contribution is -0.146. The van der Waals surface area contributed by atoms with Gasteiger partial charge in [0.2, 0.25) is 0 Å². The Morgan fingerprint density at radius 2 is 0.952 bits per heavy atom. The predicted octanol–water partition coefficient (Wildman–Crippen LogP) is 6.86. The molecule has 42 heavy (non-hydrogen) atoms. The van der Waals surface area contributed by atoms with Crippen molar-refractivity contribution in [3.63, 3.8) is 0 Å². The standard InChI is InChI=1S/C26H44O9S6Si/c1-23(2,17(27)28)38-21(36)40-25(5,6)19(31)33-13-11-15-35-42(9,10)16-12-14-34-20(32)26(7,8)41-22(37)39-24(3,4)18(29)30/h11-16H2,1-10H3,(H,27,28)(H,29,30). The summed E-state index contributed by atoms with van der Waals surface area (Å²) in [5.41, 5.74) is 0. The molecule has 0 aromatic rings. The van der Waals surface area contributed by atoms with Crippen molar-refractivity contribution in [1.82, 2.24) is 0 Å². The third-order valence-electron chi connectivity index (χ3n) is 5.54. The fraction of sp³-hybridized carbons (Fsp3) is 0.769. The van der Waals surface area contributed by atoms with Crippen LogP contribution in [0.2, 0.25) is 19.1 Å². The lowest BCUT2D eigenvalue weighted by atomic mass is 10.2. The van der Waals surface area contributed by atoms with E-state index in [4.69, 9.17) is 38.3 Å². The van der Waals surface area contributed by atoms with Crippen LogP contribution >= 0.6 is 71.5 Å². The summed E-state index contributed by atoms with van der Waals surface area (Å²) in [5, 5.41) is 18.5. The quantitative estimate of drug-likeness (QED) is 0.0700. The van der Waals surface area contributed by atoms with E-state index >= 15 is 0 Å². The summed E-state index contributed by atoms with van der Waals surface area (Å²) >= 11 is 14.9. The molecular formula is C26H44O9S6Si. The molecule has 0 aliphatic rings. The highest BCUT2D eigenvalue weighted by molar-refractivity contribution is 8.48. The summed E-state index contributed by atoms with van der Waals surface area (Å²) in [5.74, 6) is -2.82. The smallest absolute Gasteiger partial charge is 0.322 e. The maximum atomic E-state index is 12.6. The van der Waals surface area contributed by atoms with Crippen LogP contribution in [0.15, 0.2) is 0 Å². The number of thioether (sulfide) groups is 4. The van der Waals surface area contributed by atoms with Gasteiger partial charge >= 0.3 is 23.9 Å². The van der Waals surface area contributed by atoms with E-state index in [1.165, 1.54) is 0 Å². The van der Waals surface area contributed by atoms with Crippen LogP contribution in [-0.2, 0) is 33.1 Å². The third kappa shape index (κ3) is 16.1. The molecule has 0 saturated heterocycles. The predicted molar refractivity (Wildman–Crippen MR) is 187 cm³/mol. The van der Waals surface area contributed by atoms with Gasteiger partial charge in [-0.2, -0.15) is 0 Å². The van der Waals surface area contributed by atoms with Crippen molar-refractivity contribution in [2.24, 2.45) is 0 Å². The number of hydrogen-bond donors (Lipinski definition) is 2. The lowest BCUT2D eigenvalue weighted by Gasteiger charge is -2.26. The van der Waals surface area contributed by atoms with E-state index in [1.807, 2.05) is 0 Å². The van der Waals surface area contributed by atoms with E-state index < -0.39 is 51.2 Å². The topological polar surface area (TPSA) is 136 Å². The normalized spacial score (nSPS) is 12.9. The first-order valence-electron chi connectivity index (χ1n) is 13.1. The maximum Gasteiger partial charge on any atom is 0.322 e. The molecule has 0 bridgehead atoms. The molecule has 0 atom stereocenters. The first kappa shape index (κ1) is 41.6. The Bertz CT molecular complexity index is 1010. The highest BCUT2D eigenvalue weighted by Gasteiger charge is 2.37. The number of aliphatic carboxylic acids is 2. The number of carbonyl (C=O) groups is 4. The number of carboxylic acids is 2. The number of rotatable bonds is 17. The van der Waals surface area contributed by atoms with Crippen molar-refractivity contribution < 1.29 is 43.3 Å². The Balaban J connectivity index is 4.43. The highest BCUT2D eigenvalue weighted by atomic mass is 32.2. The van der Waals surface area contributed by atoms with Gasteiger partial charge in [0.15, 0.2) is 8.32 Å². The highest BCUT2D eigenvalue weighted by Crippen LogP contribution is 2.38. The van der Waals surface area contributed by atoms with Gasteiger partial charge in [-0.25, -0.2) is 0 Å². The van der Waals surface area contributed by atoms with E-state index in [-0.39, 0.29) is 13.2 Å². The van der Waals surface area contributed by atoms with Gasteiger partial charge in [0.25, 0.3) is 0 Å². The van der Waals surface area contributed by atoms with Gasteiger partial charge in [-0.3, -0.25) is 19.2 Å². The Morgan fingerprint density at radius 1 is 0.619 bits per heavy atom. The van der Waals surface area contributed by atoms with Gasteiger partial charge in [-0.05, 0) is 80.9 Å². The van der Waals surface area contributed by atoms with Gasteiger partial charge in [0, 0.05) is 13.0 Å². The van der Waals surface area contributed by atoms with Gasteiger partial charge in [0.1, 0.15) is 26.0 Å². The molecule has 0 heterocycles. The van der Waals surface area contributed by atoms with E-state index in [0.29, 0.717) is 26.5 Å². The molecule has 2 N–H and O–H groups in total. The SMILES string of the molecule is CC(C)(SC(=S)SC(C)(C)C(=O)OCCCO[Si](C)(C)CCCOC(=O)C(C)(C)SC(=S)SC(C)(C)C(=O)O)C(=O)O. The fourth-order valence-electron chi connectivity index (χ4n) is 2.70. The molecule has 0 unspecified atom stereocenters. The minimum absolute atomic E-state index is 0.183. The Labute approximate surface area is 278 Å². The zero-order valence-electron chi connectivity index (χ0n) is 25.9. The molecule has 9 nitrogen and oxygen atoms in total. The molecule has 0 aromatic heterocycles. The van der Waals surface area contributed by atoms with Gasteiger partial charge < -0.3 is 24.1 Å². The van der Waals surface area contributed by atoms with Crippen molar-refractivity contribution in [2.45, 2.75) is 106 Å². The monoisotopic (exact) mass is 720 g/mol. The van der Waals surface area contributed by atoms with E-state index in [0.717, 1.165) is 53.1 Å². The summed E-state index contributed by atoms with van der Waals surface area (Å²) in [6.07, 6.45) is 1.15. The van der Waals surface area contributed by atoms with Crippen LogP contribution in [0, 0.1) is 0 Å². The zero-order valence-corrected chi connectivity index (χ0v) is 31.8. The number of esters is 2. The second-order valence-electron chi connectivity index (χ2n) is 11.9. The molecule has 0 aliphatic carbocycles. The fourth-order valence-corrected chi connectivity index (χ4v) is 12.0. The van der Waals surface area contributed by atoms with Crippen molar-refractivity contribution in [3.05, 3.63) is 0 Å². The third-order valence-corrected chi connectivity index (χ3v) is 13.5. The molecule has 0 fully saturated rings. The van der Waals surface area contributed by atoms with Crippen molar-refractivity contribution in [1.29, 1.82) is 0 Å². The Kier molecular flexibility index (Phi) is 17.2. The summed E-state index contributed by atoms with van der Waals surface area (Å²) < 4.78 is 13.6. The molecule has 242 valence electrons. The molecule has 16 heteroatoms. The first-order valence-corrected chi connectivity index (χ1v) is 20.3. The number of carboxylic acid groups (broad SMARTS) is 2. The number of carbonyl (C=O) groups excluding carboxylic acids is 2. The Morgan fingerprint density at radius 3 is 1.31 bits per heavy atom. The largest absolute Gasteiger partial charge is 0.480 e. The lowest BCUT2D eigenvalue weighted by Crippen LogP contribution is -2.34. The Hall–Kier alpha value is -0.363. The second-order valence-corrected chi connectivity index (χ2v) is 25.1. The van der Waals surface area contributed by atoms with Crippen LogP contribution in [-0.4, -0.2) is 88.3 Å². The first-order chi connectivity index (χ1) is 18.8. The van der Waals surface area contributed by atoms with E-state index in [1.54, 1.807) is 55.4 Å². The molecule has 0 aromatic carbocycles. The average molecular weight is 721 g/mol. The van der Waals surface area contributed by atoms with Crippen LogP contribution in [0.3, 0.4) is 0 Å². The summed E-state index contributed by atoms with van der Waals surface area (Å²) in [4.78, 5) is 47.8. The minimum Gasteiger partial charge on any atom is -0.480 e. The molecule has 0 rings (SSSR count). The summed E-state index contributed by atoms with van der Waals surface area (Å²) in [6, 6.07) is 0.764. The van der Waals surface area contributed by atoms with Crippen LogP contribution < -0.4 is 0 Å². The molecule has 0 spiro atoms. The number of thiocarbonyl (C=S) groups is 2. The maximum absolute atomic E-state index is 12.6. The van der Waals surface area contributed by atoms with Gasteiger partial charge in [-0.15, -0.1) is 0 Å². The molecule has 0 saturated carbocycles. The number of ether oxygens (including phenoxy) is 2. The molecule has 0 radical (unpaired) electrons.